The molecule has 0 amide bonds. The average molecular weight is 570 g/mol. The Morgan fingerprint density at radius 1 is 1.55 bits per heavy atom. The molecule has 0 unspecified atom stereocenters. The van der Waals surface area contributed by atoms with E-state index in [4.69, 9.17) is 21.2 Å². The van der Waals surface area contributed by atoms with Gasteiger partial charge in [0.15, 0.2) is 0 Å². The van der Waals surface area contributed by atoms with Crippen LogP contribution in [0, 0.1) is 0 Å². The maximum atomic E-state index is 10.8. The Balaban J connectivity index is 3.93. The minimum absolute atomic E-state index is 0.274. The maximum absolute atomic E-state index is 10.8. The van der Waals surface area contributed by atoms with Gasteiger partial charge in [0.1, 0.15) is 0 Å². The topological polar surface area (TPSA) is 26.3 Å². The Hall–Kier alpha value is 1.66. The van der Waals surface area contributed by atoms with Gasteiger partial charge >= 0.3 is 98.9 Å². The third-order valence-electron chi connectivity index (χ3n) is 0.952. The molecule has 0 rings (SSSR count). The normalized spacial score (nSPS) is 7.55. The van der Waals surface area contributed by atoms with E-state index in [1.807, 2.05) is 0 Å². The van der Waals surface area contributed by atoms with E-state index in [9.17, 15) is 4.79 Å². The summed E-state index contributed by atoms with van der Waals surface area (Å²) in [7, 11) is 11.5. The summed E-state index contributed by atoms with van der Waals surface area (Å²) in [5, 5.41) is 0. The Kier molecular flexibility index (Phi) is 9.51. The van der Waals surface area contributed by atoms with Crippen LogP contribution in [0.5, 0.6) is 0 Å². The van der Waals surface area contributed by atoms with Gasteiger partial charge in [0.2, 0.25) is 0 Å². The summed E-state index contributed by atoms with van der Waals surface area (Å²) in [5.74, 6) is -0.274. The molecule has 2 nitrogen and oxygen atoms in total. The number of esters is 1. The van der Waals surface area contributed by atoms with Crippen LogP contribution in [0.4, 0.5) is 0 Å². The molecule has 11 heavy (non-hydrogen) atoms. The van der Waals surface area contributed by atoms with Crippen LogP contribution < -0.4 is 0 Å². The van der Waals surface area contributed by atoms with Crippen molar-refractivity contribution < 1.29 is 56.2 Å². The Labute approximate surface area is 97.4 Å². The van der Waals surface area contributed by atoms with Gasteiger partial charge in [0.25, 0.3) is 0 Å². The van der Waals surface area contributed by atoms with E-state index in [0.29, 0.717) is 6.61 Å². The molecule has 0 fully saturated rings. The molecule has 0 spiro atoms. The van der Waals surface area contributed by atoms with E-state index in [1.165, 1.54) is 6.08 Å². The van der Waals surface area contributed by atoms with Gasteiger partial charge in [-0.25, -0.2) is 0 Å². The van der Waals surface area contributed by atoms with Gasteiger partial charge in [-0.2, -0.15) is 0 Å². The summed E-state index contributed by atoms with van der Waals surface area (Å²) in [6.07, 6.45) is 1.52. The summed E-state index contributed by atoms with van der Waals surface area (Å²) in [5.41, 5.74) is 0. The third-order valence-corrected chi connectivity index (χ3v) is 49.9. The van der Waals surface area contributed by atoms with Crippen molar-refractivity contribution in [3.63, 3.8) is 0 Å². The number of ether oxygens (including phenoxy) is 1. The van der Waals surface area contributed by atoms with Gasteiger partial charge in [-0.1, -0.05) is 0 Å². The predicted octanol–water partition coefficient (Wildman–Crippen LogP) is 1.86. The fourth-order valence-electron chi connectivity index (χ4n) is 0.463. The molecule has 0 radical (unpaired) electrons. The molecule has 0 aliphatic carbocycles. The number of rotatable bonds is 4. The second-order valence-electron chi connectivity index (χ2n) is 1.82. The molecule has 0 N–H and O–H groups in total. The molecule has 56 valence electrons. The fraction of sp³-hybridized carbons (Fsp3) is 0.400. The fourth-order valence-corrected chi connectivity index (χ4v) is 28.4. The van der Waals surface area contributed by atoms with Crippen molar-refractivity contribution in [1.29, 1.82) is 0 Å². The standard InChI is InChI=1S/C5H6O2.2ClH.2Hg/c1-3-5(6)7-4-2;;;;/h3H,4H2,2H3;2*1H;;/q;;;2*+1/p-2. The van der Waals surface area contributed by atoms with Crippen molar-refractivity contribution in [1.82, 2.24) is 0 Å². The van der Waals surface area contributed by atoms with Crippen molar-refractivity contribution in [2.24, 2.45) is 0 Å². The van der Waals surface area contributed by atoms with Crippen molar-refractivity contribution in [2.75, 3.05) is 6.61 Å². The van der Waals surface area contributed by atoms with Gasteiger partial charge in [0, 0.05) is 0 Å². The molecule has 0 aliphatic rings. The van der Waals surface area contributed by atoms with Crippen LogP contribution in [0.1, 0.15) is 6.92 Å². The molecular weight excluding hydrogens is 564 g/mol. The van der Waals surface area contributed by atoms with Crippen LogP contribution in [0.15, 0.2) is 6.67 Å². The Bertz CT molecular complexity index is 155. The van der Waals surface area contributed by atoms with E-state index in [-0.39, 0.29) is 5.97 Å². The first-order chi connectivity index (χ1) is 5.24. The van der Waals surface area contributed by atoms with Crippen molar-refractivity contribution in [3.05, 3.63) is 6.67 Å². The molecule has 0 heterocycles. The van der Waals surface area contributed by atoms with Crippen LogP contribution in [0.25, 0.3) is 0 Å². The molecule has 0 aromatic rings. The average Bonchev–Trinajstić information content (AvgIpc) is 2.01. The number of carbonyl (C=O) groups excluding carboxylic acids is 1. The summed E-state index contributed by atoms with van der Waals surface area (Å²) in [4.78, 5) is 10.8. The molecular formula is C5H6Cl2Hg2O2. The van der Waals surface area contributed by atoms with Gasteiger partial charge in [-0.3, -0.25) is 0 Å². The van der Waals surface area contributed by atoms with Crippen LogP contribution in [0.3, 0.4) is 0 Å². The van der Waals surface area contributed by atoms with Gasteiger partial charge in [-0.05, 0) is 0 Å². The molecule has 0 saturated heterocycles. The summed E-state index contributed by atoms with van der Waals surface area (Å²) < 4.78 is 5.83. The first kappa shape index (κ1) is 12.7. The molecule has 0 atom stereocenters. The van der Waals surface area contributed by atoms with Crippen molar-refractivity contribution >= 4 is 22.5 Å². The molecule has 6 heteroatoms. The van der Waals surface area contributed by atoms with Crippen LogP contribution >= 0.6 is 16.5 Å². The van der Waals surface area contributed by atoms with E-state index in [0.717, 1.165) is 0.591 Å². The first-order valence-corrected chi connectivity index (χ1v) is 22.3. The third kappa shape index (κ3) is 6.79. The molecule has 0 bridgehead atoms. The second-order valence-corrected chi connectivity index (χ2v) is 30.8. The van der Waals surface area contributed by atoms with E-state index in [2.05, 4.69) is 0 Å². The van der Waals surface area contributed by atoms with Crippen molar-refractivity contribution in [2.45, 2.75) is 6.92 Å². The number of carbonyl (C=O) groups is 1. The summed E-state index contributed by atoms with van der Waals surface area (Å²) >= 11 is -2.78. The first-order valence-electron chi connectivity index (χ1n) is 3.22. The van der Waals surface area contributed by atoms with E-state index >= 15 is 0 Å². The minimum atomic E-state index is -1.39. The molecule has 0 aliphatic heterocycles. The molecule has 0 saturated carbocycles. The van der Waals surface area contributed by atoms with Crippen LogP contribution in [-0.2, 0) is 56.2 Å². The zero-order valence-electron chi connectivity index (χ0n) is 6.27. The summed E-state index contributed by atoms with van der Waals surface area (Å²) in [6.45, 7) is 2.20. The predicted molar refractivity (Wildman–Crippen MR) is 36.4 cm³/mol. The van der Waals surface area contributed by atoms with Gasteiger partial charge in [-0.15, -0.1) is 0 Å². The van der Waals surface area contributed by atoms with E-state index in [1.54, 1.807) is 6.92 Å². The number of hydrogen-bond acceptors (Lipinski definition) is 2. The monoisotopic (exact) mass is 572 g/mol. The van der Waals surface area contributed by atoms with Crippen LogP contribution in [-0.4, -0.2) is 12.6 Å². The van der Waals surface area contributed by atoms with Gasteiger partial charge < -0.3 is 0 Å². The van der Waals surface area contributed by atoms with Crippen LogP contribution in [0.2, 0.25) is 0 Å². The number of hydrogen-bond donors (Lipinski definition) is 0. The van der Waals surface area contributed by atoms with E-state index < -0.39 is 46.7 Å². The molecule has 0 aromatic carbocycles. The molecule has 0 aromatic heterocycles. The zero-order chi connectivity index (χ0) is 8.69. The summed E-state index contributed by atoms with van der Waals surface area (Å²) in [6, 6.07) is 0. The SMILES string of the molecule is CCOC(=O)C=[C]([Hg][Cl])[Hg][Cl]. The van der Waals surface area contributed by atoms with Crippen molar-refractivity contribution in [3.8, 4) is 0 Å². The van der Waals surface area contributed by atoms with Gasteiger partial charge in [0.05, 0.1) is 0 Å². The number of halogens is 2. The Morgan fingerprint density at radius 2 is 2.09 bits per heavy atom. The zero-order valence-corrected chi connectivity index (χ0v) is 18.8. The quantitative estimate of drug-likeness (QED) is 0.294. The Morgan fingerprint density at radius 3 is 2.45 bits per heavy atom. The second kappa shape index (κ2) is 8.27.